The molecule has 0 fully saturated rings. The van der Waals surface area contributed by atoms with Crippen LogP contribution in [0.4, 0.5) is 5.69 Å². The van der Waals surface area contributed by atoms with E-state index in [9.17, 15) is 9.59 Å². The minimum Gasteiger partial charge on any atom is -0.342 e. The third kappa shape index (κ3) is 4.47. The van der Waals surface area contributed by atoms with E-state index in [0.29, 0.717) is 23.8 Å². The van der Waals surface area contributed by atoms with Crippen LogP contribution in [0.1, 0.15) is 40.5 Å². The summed E-state index contributed by atoms with van der Waals surface area (Å²) in [6, 6.07) is 7.00. The van der Waals surface area contributed by atoms with E-state index in [1.54, 1.807) is 43.0 Å². The average molecular weight is 325 g/mol. The van der Waals surface area contributed by atoms with Gasteiger partial charge in [-0.15, -0.1) is 0 Å². The molecule has 0 aliphatic heterocycles. The predicted molar refractivity (Wildman–Crippen MR) is 91.0 cm³/mol. The number of anilines is 1. The normalized spacial score (nSPS) is 11.1. The Labute approximate surface area is 137 Å². The van der Waals surface area contributed by atoms with Crippen LogP contribution in [0.3, 0.4) is 0 Å². The molecule has 0 unspecified atom stereocenters. The van der Waals surface area contributed by atoms with Crippen molar-refractivity contribution in [3.63, 3.8) is 0 Å². The molecular weight excluding hydrogens is 300 g/mol. The number of rotatable bonds is 7. The van der Waals surface area contributed by atoms with Gasteiger partial charge >= 0.3 is 0 Å². The van der Waals surface area contributed by atoms with Crippen LogP contribution in [-0.2, 0) is 9.59 Å². The molecular formula is C17H25ClN2O2. The Morgan fingerprint density at radius 3 is 2.18 bits per heavy atom. The molecule has 0 aliphatic carbocycles. The van der Waals surface area contributed by atoms with Gasteiger partial charge in [0.1, 0.15) is 5.41 Å². The number of carbonyl (C=O) groups is 2. The molecule has 0 spiro atoms. The van der Waals surface area contributed by atoms with Crippen LogP contribution < -0.4 is 5.32 Å². The van der Waals surface area contributed by atoms with Gasteiger partial charge in [-0.2, -0.15) is 0 Å². The standard InChI is InChI=1S/C17H25ClN2O2/c1-5-11-20(12-6-2)16(22)17(3,4)15(21)19-14-10-8-7-9-13(14)18/h7-10H,5-6,11-12H2,1-4H3,(H,19,21). The zero-order valence-corrected chi connectivity index (χ0v) is 14.5. The van der Waals surface area contributed by atoms with Gasteiger partial charge in [0.25, 0.3) is 0 Å². The lowest BCUT2D eigenvalue weighted by Gasteiger charge is -2.31. The van der Waals surface area contributed by atoms with E-state index in [1.165, 1.54) is 0 Å². The molecule has 1 rings (SSSR count). The summed E-state index contributed by atoms with van der Waals surface area (Å²) < 4.78 is 0. The van der Waals surface area contributed by atoms with Gasteiger partial charge in [0.15, 0.2) is 0 Å². The Morgan fingerprint density at radius 1 is 1.14 bits per heavy atom. The fraction of sp³-hybridized carbons (Fsp3) is 0.529. The van der Waals surface area contributed by atoms with Crippen LogP contribution in [0.5, 0.6) is 0 Å². The number of para-hydroxylation sites is 1. The quantitative estimate of drug-likeness (QED) is 0.772. The molecule has 0 radical (unpaired) electrons. The highest BCUT2D eigenvalue weighted by Crippen LogP contribution is 2.26. The maximum absolute atomic E-state index is 12.7. The second-order valence-corrected chi connectivity index (χ2v) is 6.26. The van der Waals surface area contributed by atoms with E-state index in [0.717, 1.165) is 12.8 Å². The van der Waals surface area contributed by atoms with Gasteiger partial charge in [-0.3, -0.25) is 9.59 Å². The Morgan fingerprint density at radius 2 is 1.68 bits per heavy atom. The summed E-state index contributed by atoms with van der Waals surface area (Å²) in [4.78, 5) is 27.0. The Balaban J connectivity index is 2.89. The number of benzene rings is 1. The number of nitrogens with one attached hydrogen (secondary N) is 1. The van der Waals surface area contributed by atoms with E-state index < -0.39 is 5.41 Å². The molecule has 0 atom stereocenters. The highest BCUT2D eigenvalue weighted by atomic mass is 35.5. The maximum atomic E-state index is 12.7. The zero-order chi connectivity index (χ0) is 16.8. The third-order valence-corrected chi connectivity index (χ3v) is 3.83. The van der Waals surface area contributed by atoms with E-state index in [-0.39, 0.29) is 11.8 Å². The van der Waals surface area contributed by atoms with Crippen LogP contribution in [0.2, 0.25) is 5.02 Å². The van der Waals surface area contributed by atoms with Gasteiger partial charge in [0, 0.05) is 13.1 Å². The lowest BCUT2D eigenvalue weighted by Crippen LogP contribution is -2.47. The van der Waals surface area contributed by atoms with Gasteiger partial charge in [-0.1, -0.05) is 37.6 Å². The van der Waals surface area contributed by atoms with Gasteiger partial charge in [0.2, 0.25) is 11.8 Å². The topological polar surface area (TPSA) is 49.4 Å². The Bertz CT molecular complexity index is 523. The number of hydrogen-bond acceptors (Lipinski definition) is 2. The molecule has 122 valence electrons. The summed E-state index contributed by atoms with van der Waals surface area (Å²) in [6.07, 6.45) is 1.74. The molecule has 0 aromatic heterocycles. The largest absolute Gasteiger partial charge is 0.342 e. The van der Waals surface area contributed by atoms with Gasteiger partial charge in [-0.25, -0.2) is 0 Å². The SMILES string of the molecule is CCCN(CCC)C(=O)C(C)(C)C(=O)Nc1ccccc1Cl. The first-order valence-corrected chi connectivity index (χ1v) is 8.07. The van der Waals surface area contributed by atoms with Crippen molar-refractivity contribution < 1.29 is 9.59 Å². The number of hydrogen-bond donors (Lipinski definition) is 1. The van der Waals surface area contributed by atoms with E-state index in [1.807, 2.05) is 13.8 Å². The minimum absolute atomic E-state index is 0.152. The summed E-state index contributed by atoms with van der Waals surface area (Å²) in [5.74, 6) is -0.497. The number of carbonyl (C=O) groups excluding carboxylic acids is 2. The fourth-order valence-corrected chi connectivity index (χ4v) is 2.37. The van der Waals surface area contributed by atoms with Gasteiger partial charge in [0.05, 0.1) is 10.7 Å². The summed E-state index contributed by atoms with van der Waals surface area (Å²) in [6.45, 7) is 8.67. The molecule has 0 heterocycles. The average Bonchev–Trinajstić information content (AvgIpc) is 2.48. The number of halogens is 1. The Kier molecular flexibility index (Phi) is 6.88. The zero-order valence-electron chi connectivity index (χ0n) is 13.8. The molecule has 1 aromatic carbocycles. The first-order chi connectivity index (χ1) is 10.3. The number of nitrogens with zero attached hydrogens (tertiary/aromatic N) is 1. The molecule has 5 heteroatoms. The third-order valence-electron chi connectivity index (χ3n) is 3.50. The first kappa shape index (κ1) is 18.5. The fourth-order valence-electron chi connectivity index (χ4n) is 2.19. The van der Waals surface area contributed by atoms with Crippen LogP contribution in [0.25, 0.3) is 0 Å². The van der Waals surface area contributed by atoms with Crippen LogP contribution in [0, 0.1) is 5.41 Å². The van der Waals surface area contributed by atoms with Crippen molar-refractivity contribution in [2.75, 3.05) is 18.4 Å². The highest BCUT2D eigenvalue weighted by Gasteiger charge is 2.39. The molecule has 22 heavy (non-hydrogen) atoms. The second-order valence-electron chi connectivity index (χ2n) is 5.85. The van der Waals surface area contributed by atoms with Crippen molar-refractivity contribution in [3.8, 4) is 0 Å². The lowest BCUT2D eigenvalue weighted by atomic mass is 9.90. The summed E-state index contributed by atoms with van der Waals surface area (Å²) in [5.41, 5.74) is -0.615. The van der Waals surface area contributed by atoms with Crippen LogP contribution >= 0.6 is 11.6 Å². The van der Waals surface area contributed by atoms with E-state index in [2.05, 4.69) is 5.32 Å². The van der Waals surface area contributed by atoms with Crippen molar-refractivity contribution in [1.82, 2.24) is 4.90 Å². The van der Waals surface area contributed by atoms with Gasteiger partial charge < -0.3 is 10.2 Å². The smallest absolute Gasteiger partial charge is 0.239 e. The Hall–Kier alpha value is -1.55. The minimum atomic E-state index is -1.14. The summed E-state index contributed by atoms with van der Waals surface area (Å²) in [5, 5.41) is 3.21. The van der Waals surface area contributed by atoms with Gasteiger partial charge in [-0.05, 0) is 38.8 Å². The highest BCUT2D eigenvalue weighted by molar-refractivity contribution is 6.33. The summed E-state index contributed by atoms with van der Waals surface area (Å²) in [7, 11) is 0. The molecule has 0 saturated heterocycles. The summed E-state index contributed by atoms with van der Waals surface area (Å²) >= 11 is 6.05. The van der Waals surface area contributed by atoms with E-state index in [4.69, 9.17) is 11.6 Å². The molecule has 0 aliphatic rings. The second kappa shape index (κ2) is 8.18. The van der Waals surface area contributed by atoms with Crippen molar-refractivity contribution in [1.29, 1.82) is 0 Å². The molecule has 1 aromatic rings. The molecule has 2 amide bonds. The lowest BCUT2D eigenvalue weighted by molar-refractivity contribution is -0.146. The first-order valence-electron chi connectivity index (χ1n) is 7.69. The molecule has 0 saturated carbocycles. The van der Waals surface area contributed by atoms with Crippen molar-refractivity contribution in [2.45, 2.75) is 40.5 Å². The number of amides is 2. The van der Waals surface area contributed by atoms with Crippen molar-refractivity contribution in [3.05, 3.63) is 29.3 Å². The van der Waals surface area contributed by atoms with Crippen LogP contribution in [0.15, 0.2) is 24.3 Å². The molecule has 4 nitrogen and oxygen atoms in total. The van der Waals surface area contributed by atoms with E-state index >= 15 is 0 Å². The molecule has 1 N–H and O–H groups in total. The molecule has 0 bridgehead atoms. The maximum Gasteiger partial charge on any atom is 0.239 e. The van der Waals surface area contributed by atoms with Crippen molar-refractivity contribution in [2.24, 2.45) is 5.41 Å². The van der Waals surface area contributed by atoms with Crippen LogP contribution in [-0.4, -0.2) is 29.8 Å². The monoisotopic (exact) mass is 324 g/mol. The predicted octanol–water partition coefficient (Wildman–Crippen LogP) is 3.95. The van der Waals surface area contributed by atoms with Crippen molar-refractivity contribution >= 4 is 29.1 Å².